The Balaban J connectivity index is 2.08. The lowest BCUT2D eigenvalue weighted by molar-refractivity contribution is -0.145. The Morgan fingerprint density at radius 2 is 2.04 bits per heavy atom. The standard InChI is InChI=1S/C17H25N3O4/c1-11(2)8-14(17(23)24-3)18-15(21)10-20-16(22)9-12-6-4-5-7-13(12)19-20/h9,11,14H,4-8,10H2,1-3H3,(H,18,21)/t14-/m0/s1. The maximum Gasteiger partial charge on any atom is 0.328 e. The summed E-state index contributed by atoms with van der Waals surface area (Å²) < 4.78 is 5.89. The number of aryl methyl sites for hydroxylation is 2. The Bertz CT molecular complexity index is 666. The van der Waals surface area contributed by atoms with Crippen molar-refractivity contribution in [2.24, 2.45) is 5.92 Å². The topological polar surface area (TPSA) is 90.3 Å². The summed E-state index contributed by atoms with van der Waals surface area (Å²) in [6.45, 7) is 3.72. The monoisotopic (exact) mass is 335 g/mol. The van der Waals surface area contributed by atoms with Crippen LogP contribution in [0.2, 0.25) is 0 Å². The summed E-state index contributed by atoms with van der Waals surface area (Å²) in [6, 6.07) is 0.858. The fourth-order valence-electron chi connectivity index (χ4n) is 2.92. The summed E-state index contributed by atoms with van der Waals surface area (Å²) >= 11 is 0. The molecule has 0 saturated heterocycles. The normalized spacial score (nSPS) is 14.8. The maximum absolute atomic E-state index is 12.2. The minimum absolute atomic E-state index is 0.197. The Morgan fingerprint density at radius 1 is 1.33 bits per heavy atom. The molecule has 0 aromatic carbocycles. The highest BCUT2D eigenvalue weighted by molar-refractivity contribution is 5.84. The van der Waals surface area contributed by atoms with Crippen LogP contribution in [0.4, 0.5) is 0 Å². The van der Waals surface area contributed by atoms with E-state index in [4.69, 9.17) is 4.74 Å². The van der Waals surface area contributed by atoms with Crippen molar-refractivity contribution in [1.82, 2.24) is 15.1 Å². The Morgan fingerprint density at radius 3 is 2.71 bits per heavy atom. The molecule has 1 aliphatic carbocycles. The summed E-state index contributed by atoms with van der Waals surface area (Å²) in [5, 5.41) is 6.95. The summed E-state index contributed by atoms with van der Waals surface area (Å²) in [4.78, 5) is 36.1. The van der Waals surface area contributed by atoms with Crippen LogP contribution in [0.15, 0.2) is 10.9 Å². The van der Waals surface area contributed by atoms with Crippen LogP contribution in [0.3, 0.4) is 0 Å². The van der Waals surface area contributed by atoms with Crippen LogP contribution in [0.5, 0.6) is 0 Å². The number of rotatable bonds is 6. The second-order valence-electron chi connectivity index (χ2n) is 6.59. The second-order valence-corrected chi connectivity index (χ2v) is 6.59. The van der Waals surface area contributed by atoms with Gasteiger partial charge in [0.1, 0.15) is 12.6 Å². The van der Waals surface area contributed by atoms with E-state index < -0.39 is 17.9 Å². The van der Waals surface area contributed by atoms with E-state index in [1.54, 1.807) is 6.07 Å². The van der Waals surface area contributed by atoms with Crippen molar-refractivity contribution in [3.8, 4) is 0 Å². The first kappa shape index (κ1) is 18.2. The smallest absolute Gasteiger partial charge is 0.328 e. The molecule has 0 saturated carbocycles. The number of hydrogen-bond donors (Lipinski definition) is 1. The van der Waals surface area contributed by atoms with Gasteiger partial charge in [-0.3, -0.25) is 9.59 Å². The highest BCUT2D eigenvalue weighted by Gasteiger charge is 2.23. The fraction of sp³-hybridized carbons (Fsp3) is 0.647. The molecule has 1 heterocycles. The van der Waals surface area contributed by atoms with Crippen molar-refractivity contribution in [2.45, 2.75) is 58.5 Å². The maximum atomic E-state index is 12.2. The number of nitrogens with zero attached hydrogens (tertiary/aromatic N) is 2. The van der Waals surface area contributed by atoms with Gasteiger partial charge in [-0.15, -0.1) is 0 Å². The van der Waals surface area contributed by atoms with Gasteiger partial charge < -0.3 is 10.1 Å². The largest absolute Gasteiger partial charge is 0.467 e. The average molecular weight is 335 g/mol. The molecule has 1 amide bonds. The molecule has 1 atom stereocenters. The second kappa shape index (κ2) is 8.08. The molecular formula is C17H25N3O4. The van der Waals surface area contributed by atoms with Gasteiger partial charge in [-0.2, -0.15) is 5.10 Å². The highest BCUT2D eigenvalue weighted by atomic mass is 16.5. The molecule has 1 aromatic heterocycles. The van der Waals surface area contributed by atoms with Gasteiger partial charge in [-0.25, -0.2) is 9.48 Å². The lowest BCUT2D eigenvalue weighted by Gasteiger charge is -2.19. The molecule has 132 valence electrons. The first-order valence-electron chi connectivity index (χ1n) is 8.37. The Kier molecular flexibility index (Phi) is 6.11. The van der Waals surface area contributed by atoms with Crippen molar-refractivity contribution < 1.29 is 14.3 Å². The number of ether oxygens (including phenoxy) is 1. The van der Waals surface area contributed by atoms with Crippen molar-refractivity contribution in [3.63, 3.8) is 0 Å². The van der Waals surface area contributed by atoms with Gasteiger partial charge in [0.25, 0.3) is 5.56 Å². The number of carbonyl (C=O) groups excluding carboxylic acids is 2. The molecule has 1 aliphatic rings. The fourth-order valence-corrected chi connectivity index (χ4v) is 2.92. The Labute approximate surface area is 141 Å². The van der Waals surface area contributed by atoms with Gasteiger partial charge >= 0.3 is 5.97 Å². The number of nitrogens with one attached hydrogen (secondary N) is 1. The molecule has 7 heteroatoms. The molecule has 24 heavy (non-hydrogen) atoms. The minimum atomic E-state index is -0.712. The minimum Gasteiger partial charge on any atom is -0.467 e. The predicted molar refractivity (Wildman–Crippen MR) is 88.5 cm³/mol. The van der Waals surface area contributed by atoms with Gasteiger partial charge in [0.05, 0.1) is 12.8 Å². The zero-order chi connectivity index (χ0) is 17.7. The molecule has 0 fully saturated rings. The van der Waals surface area contributed by atoms with Crippen molar-refractivity contribution in [3.05, 3.63) is 27.7 Å². The van der Waals surface area contributed by atoms with E-state index in [1.807, 2.05) is 13.8 Å². The molecule has 0 radical (unpaired) electrons. The van der Waals surface area contributed by atoms with Crippen LogP contribution in [0.25, 0.3) is 0 Å². The van der Waals surface area contributed by atoms with Crippen molar-refractivity contribution in [1.29, 1.82) is 0 Å². The van der Waals surface area contributed by atoms with E-state index >= 15 is 0 Å². The van der Waals surface area contributed by atoms with Crippen LogP contribution in [0.1, 0.15) is 44.4 Å². The van der Waals surface area contributed by atoms with Crippen LogP contribution in [-0.2, 0) is 33.7 Å². The number of carbonyl (C=O) groups is 2. The summed E-state index contributed by atoms with van der Waals surface area (Å²) in [5.74, 6) is -0.682. The molecule has 0 unspecified atom stereocenters. The van der Waals surface area contributed by atoms with E-state index in [-0.39, 0.29) is 18.0 Å². The first-order chi connectivity index (χ1) is 11.4. The van der Waals surface area contributed by atoms with Gasteiger partial charge in [0.15, 0.2) is 0 Å². The molecule has 1 N–H and O–H groups in total. The number of fused-ring (bicyclic) bond motifs is 1. The summed E-state index contributed by atoms with van der Waals surface area (Å²) in [7, 11) is 1.29. The molecule has 0 aliphatic heterocycles. The van der Waals surface area contributed by atoms with Gasteiger partial charge in [-0.1, -0.05) is 13.8 Å². The van der Waals surface area contributed by atoms with Crippen LogP contribution < -0.4 is 10.9 Å². The third-order valence-corrected chi connectivity index (χ3v) is 4.10. The number of esters is 1. The number of aromatic nitrogens is 2. The lowest BCUT2D eigenvalue weighted by atomic mass is 9.97. The van der Waals surface area contributed by atoms with Gasteiger partial charge in [-0.05, 0) is 43.6 Å². The molecule has 1 aromatic rings. The molecular weight excluding hydrogens is 310 g/mol. The Hall–Kier alpha value is -2.18. The quantitative estimate of drug-likeness (QED) is 0.778. The first-order valence-corrected chi connectivity index (χ1v) is 8.37. The average Bonchev–Trinajstić information content (AvgIpc) is 2.53. The third-order valence-electron chi connectivity index (χ3n) is 4.10. The number of amides is 1. The molecule has 0 bridgehead atoms. The van der Waals surface area contributed by atoms with E-state index in [0.29, 0.717) is 6.42 Å². The molecule has 0 spiro atoms. The van der Waals surface area contributed by atoms with Crippen molar-refractivity contribution >= 4 is 11.9 Å². The number of hydrogen-bond acceptors (Lipinski definition) is 5. The van der Waals surface area contributed by atoms with Gasteiger partial charge in [0.2, 0.25) is 5.91 Å². The van der Waals surface area contributed by atoms with Crippen LogP contribution in [-0.4, -0.2) is 34.8 Å². The van der Waals surface area contributed by atoms with Crippen molar-refractivity contribution in [2.75, 3.05) is 7.11 Å². The van der Waals surface area contributed by atoms with E-state index in [1.165, 1.54) is 11.8 Å². The SMILES string of the molecule is COC(=O)[C@H](CC(C)C)NC(=O)Cn1nc2c(cc1=O)CCCC2. The van der Waals surface area contributed by atoms with Gasteiger partial charge in [0, 0.05) is 6.07 Å². The lowest BCUT2D eigenvalue weighted by Crippen LogP contribution is -2.45. The predicted octanol–water partition coefficient (Wildman–Crippen LogP) is 0.826. The third kappa shape index (κ3) is 4.66. The van der Waals surface area contributed by atoms with Crippen LogP contribution in [0, 0.1) is 5.92 Å². The van der Waals surface area contributed by atoms with Crippen LogP contribution >= 0.6 is 0 Å². The summed E-state index contributed by atoms with van der Waals surface area (Å²) in [5.41, 5.74) is 1.58. The zero-order valence-electron chi connectivity index (χ0n) is 14.5. The molecule has 2 rings (SSSR count). The van der Waals surface area contributed by atoms with E-state index in [9.17, 15) is 14.4 Å². The van der Waals surface area contributed by atoms with E-state index in [0.717, 1.165) is 36.9 Å². The number of methoxy groups -OCH3 is 1. The highest BCUT2D eigenvalue weighted by Crippen LogP contribution is 2.16. The molecule has 7 nitrogen and oxygen atoms in total. The van der Waals surface area contributed by atoms with E-state index in [2.05, 4.69) is 10.4 Å². The summed E-state index contributed by atoms with van der Waals surface area (Å²) in [6.07, 6.45) is 4.28. The zero-order valence-corrected chi connectivity index (χ0v) is 14.5.